The Labute approximate surface area is 155 Å². The van der Waals surface area contributed by atoms with Crippen molar-refractivity contribution in [1.82, 2.24) is 15.0 Å². The fourth-order valence-corrected chi connectivity index (χ4v) is 2.96. The molecule has 3 aromatic heterocycles. The third-order valence-corrected chi connectivity index (χ3v) is 4.42. The lowest BCUT2D eigenvalue weighted by molar-refractivity contribution is 0.102. The molecule has 27 heavy (non-hydrogen) atoms. The van der Waals surface area contributed by atoms with E-state index in [1.165, 1.54) is 18.2 Å². The summed E-state index contributed by atoms with van der Waals surface area (Å²) >= 11 is 0. The molecule has 2 N–H and O–H groups in total. The molecule has 4 rings (SSSR count). The van der Waals surface area contributed by atoms with Crippen molar-refractivity contribution in [3.8, 4) is 0 Å². The van der Waals surface area contributed by atoms with Gasteiger partial charge in [0.15, 0.2) is 0 Å². The number of carbonyl (C=O) groups is 1. The van der Waals surface area contributed by atoms with Crippen molar-refractivity contribution < 1.29 is 9.18 Å². The number of hydrogen-bond donors (Lipinski definition) is 2. The van der Waals surface area contributed by atoms with Crippen molar-refractivity contribution in [3.05, 3.63) is 89.1 Å². The van der Waals surface area contributed by atoms with Crippen LogP contribution in [0.5, 0.6) is 0 Å². The Kier molecular flexibility index (Phi) is 4.38. The van der Waals surface area contributed by atoms with Crippen LogP contribution >= 0.6 is 0 Å². The lowest BCUT2D eigenvalue weighted by atomic mass is 10.1. The molecule has 0 aliphatic carbocycles. The highest BCUT2D eigenvalue weighted by Gasteiger charge is 2.10. The van der Waals surface area contributed by atoms with Crippen LogP contribution in [0.25, 0.3) is 11.0 Å². The highest BCUT2D eigenvalue weighted by Crippen LogP contribution is 2.19. The van der Waals surface area contributed by atoms with Gasteiger partial charge in [-0.05, 0) is 60.0 Å². The number of pyridine rings is 2. The summed E-state index contributed by atoms with van der Waals surface area (Å²) in [6.07, 6.45) is 6.15. The second-order valence-electron chi connectivity index (χ2n) is 6.36. The maximum Gasteiger partial charge on any atom is 0.256 e. The second kappa shape index (κ2) is 6.99. The number of rotatable bonds is 4. The van der Waals surface area contributed by atoms with Gasteiger partial charge in [-0.3, -0.25) is 4.79 Å². The monoisotopic (exact) mass is 360 g/mol. The van der Waals surface area contributed by atoms with Crippen molar-refractivity contribution in [1.29, 1.82) is 0 Å². The normalized spacial score (nSPS) is 10.9. The second-order valence-corrected chi connectivity index (χ2v) is 6.36. The standard InChI is InChI=1S/C21H17FN4O/c1-13-9-15(5-6-18(13)22)21(27)26-19-7-4-14(11-24-19)10-16-12-25-20-17(16)3-2-8-23-20/h2-9,11-12H,10H2,1H3,(H,23,25)(H,24,26,27). The molecule has 0 fully saturated rings. The van der Waals surface area contributed by atoms with E-state index in [2.05, 4.69) is 20.3 Å². The molecular weight excluding hydrogens is 343 g/mol. The highest BCUT2D eigenvalue weighted by molar-refractivity contribution is 6.03. The molecule has 0 bridgehead atoms. The van der Waals surface area contributed by atoms with E-state index in [4.69, 9.17) is 0 Å². The molecule has 0 saturated heterocycles. The summed E-state index contributed by atoms with van der Waals surface area (Å²) in [7, 11) is 0. The quantitative estimate of drug-likeness (QED) is 0.572. The molecule has 0 atom stereocenters. The zero-order chi connectivity index (χ0) is 18.8. The number of anilines is 1. The van der Waals surface area contributed by atoms with Gasteiger partial charge in [-0.25, -0.2) is 14.4 Å². The van der Waals surface area contributed by atoms with Crippen LogP contribution in [0.15, 0.2) is 61.1 Å². The number of fused-ring (bicyclic) bond motifs is 1. The molecule has 0 saturated carbocycles. The molecule has 1 aromatic carbocycles. The molecule has 0 unspecified atom stereocenters. The number of nitrogens with one attached hydrogen (secondary N) is 2. The van der Waals surface area contributed by atoms with E-state index in [0.717, 1.165) is 22.2 Å². The van der Waals surface area contributed by atoms with Crippen LogP contribution in [0.1, 0.15) is 27.0 Å². The minimum absolute atomic E-state index is 0.318. The molecule has 5 nitrogen and oxygen atoms in total. The van der Waals surface area contributed by atoms with E-state index < -0.39 is 0 Å². The Balaban J connectivity index is 1.47. The first kappa shape index (κ1) is 16.9. The van der Waals surface area contributed by atoms with Gasteiger partial charge in [0.2, 0.25) is 0 Å². The van der Waals surface area contributed by atoms with E-state index in [0.29, 0.717) is 23.4 Å². The Bertz CT molecular complexity index is 1120. The van der Waals surface area contributed by atoms with Crippen LogP contribution in [0.2, 0.25) is 0 Å². The first-order valence-electron chi connectivity index (χ1n) is 8.53. The average Bonchev–Trinajstić information content (AvgIpc) is 3.08. The van der Waals surface area contributed by atoms with Gasteiger partial charge in [-0.15, -0.1) is 0 Å². The summed E-state index contributed by atoms with van der Waals surface area (Å²) in [5.41, 5.74) is 3.85. The van der Waals surface area contributed by atoms with Gasteiger partial charge in [0.05, 0.1) is 0 Å². The van der Waals surface area contributed by atoms with Crippen molar-refractivity contribution >= 4 is 22.8 Å². The van der Waals surface area contributed by atoms with Crippen LogP contribution in [-0.2, 0) is 6.42 Å². The van der Waals surface area contributed by atoms with Gasteiger partial charge in [-0.2, -0.15) is 0 Å². The van der Waals surface area contributed by atoms with Gasteiger partial charge in [0.1, 0.15) is 17.3 Å². The van der Waals surface area contributed by atoms with E-state index in [-0.39, 0.29) is 11.7 Å². The Hall–Kier alpha value is -3.54. The van der Waals surface area contributed by atoms with Gasteiger partial charge in [0, 0.05) is 36.0 Å². The van der Waals surface area contributed by atoms with Crippen molar-refractivity contribution in [2.24, 2.45) is 0 Å². The zero-order valence-corrected chi connectivity index (χ0v) is 14.7. The molecular formula is C21H17FN4O. The molecule has 4 aromatic rings. The molecule has 1 amide bonds. The van der Waals surface area contributed by atoms with Crippen LogP contribution < -0.4 is 5.32 Å². The summed E-state index contributed by atoms with van der Waals surface area (Å²) in [4.78, 5) is 24.0. The predicted octanol–water partition coefficient (Wildman–Crippen LogP) is 4.25. The SMILES string of the molecule is Cc1cc(C(=O)Nc2ccc(Cc3c[nH]c4ncccc34)cn2)ccc1F. The molecule has 0 aliphatic heterocycles. The van der Waals surface area contributed by atoms with Crippen molar-refractivity contribution in [2.75, 3.05) is 5.32 Å². The van der Waals surface area contributed by atoms with Gasteiger partial charge >= 0.3 is 0 Å². The van der Waals surface area contributed by atoms with Gasteiger partial charge < -0.3 is 10.3 Å². The summed E-state index contributed by atoms with van der Waals surface area (Å²) in [6.45, 7) is 1.62. The number of halogens is 1. The third-order valence-electron chi connectivity index (χ3n) is 4.42. The summed E-state index contributed by atoms with van der Waals surface area (Å²) < 4.78 is 13.3. The van der Waals surface area contributed by atoms with E-state index in [1.54, 1.807) is 25.4 Å². The molecule has 0 aliphatic rings. The number of H-pyrrole nitrogens is 1. The van der Waals surface area contributed by atoms with E-state index >= 15 is 0 Å². The minimum atomic E-state index is -0.332. The number of aromatic nitrogens is 3. The van der Waals surface area contributed by atoms with Crippen LogP contribution in [-0.4, -0.2) is 20.9 Å². The number of nitrogens with zero attached hydrogens (tertiary/aromatic N) is 2. The highest BCUT2D eigenvalue weighted by atomic mass is 19.1. The maximum absolute atomic E-state index is 13.3. The molecule has 0 spiro atoms. The Morgan fingerprint density at radius 1 is 1.19 bits per heavy atom. The minimum Gasteiger partial charge on any atom is -0.346 e. The number of aromatic amines is 1. The predicted molar refractivity (Wildman–Crippen MR) is 102 cm³/mol. The van der Waals surface area contributed by atoms with E-state index in [9.17, 15) is 9.18 Å². The smallest absolute Gasteiger partial charge is 0.256 e. The maximum atomic E-state index is 13.3. The largest absolute Gasteiger partial charge is 0.346 e. The van der Waals surface area contributed by atoms with Crippen LogP contribution in [0.4, 0.5) is 10.2 Å². The lowest BCUT2D eigenvalue weighted by Crippen LogP contribution is -2.13. The average molecular weight is 360 g/mol. The molecule has 3 heterocycles. The third kappa shape index (κ3) is 3.55. The lowest BCUT2D eigenvalue weighted by Gasteiger charge is -2.07. The molecule has 134 valence electrons. The van der Waals surface area contributed by atoms with Crippen LogP contribution in [0, 0.1) is 12.7 Å². The molecule has 0 radical (unpaired) electrons. The van der Waals surface area contributed by atoms with Gasteiger partial charge in [-0.1, -0.05) is 6.07 Å². The summed E-state index contributed by atoms with van der Waals surface area (Å²) in [5, 5.41) is 3.82. The fourth-order valence-electron chi connectivity index (χ4n) is 2.96. The first-order valence-corrected chi connectivity index (χ1v) is 8.53. The number of benzene rings is 1. The first-order chi connectivity index (χ1) is 13.1. The number of carbonyl (C=O) groups excluding carboxylic acids is 1. The van der Waals surface area contributed by atoms with Crippen molar-refractivity contribution in [3.63, 3.8) is 0 Å². The number of hydrogen-bond acceptors (Lipinski definition) is 3. The Morgan fingerprint density at radius 2 is 2.07 bits per heavy atom. The number of aryl methyl sites for hydroxylation is 1. The van der Waals surface area contributed by atoms with Gasteiger partial charge in [0.25, 0.3) is 5.91 Å². The summed E-state index contributed by atoms with van der Waals surface area (Å²) in [6, 6.07) is 11.9. The zero-order valence-electron chi connectivity index (χ0n) is 14.7. The number of amides is 1. The summed E-state index contributed by atoms with van der Waals surface area (Å²) in [5.74, 6) is -0.200. The Morgan fingerprint density at radius 3 is 2.85 bits per heavy atom. The van der Waals surface area contributed by atoms with Crippen molar-refractivity contribution in [2.45, 2.75) is 13.3 Å². The van der Waals surface area contributed by atoms with E-state index in [1.807, 2.05) is 24.4 Å². The van der Waals surface area contributed by atoms with Crippen LogP contribution in [0.3, 0.4) is 0 Å². The molecule has 6 heteroatoms. The fraction of sp³-hybridized carbons (Fsp3) is 0.0952. The topological polar surface area (TPSA) is 70.7 Å².